The second-order valence-corrected chi connectivity index (χ2v) is 8.56. The normalized spacial score (nSPS) is 18.9. The van der Waals surface area contributed by atoms with Gasteiger partial charge in [-0.05, 0) is 11.1 Å². The third kappa shape index (κ3) is 6.15. The number of amides is 1. The number of hydrogen-bond donors (Lipinski definition) is 1. The highest BCUT2D eigenvalue weighted by atomic mass is 16.1. The maximum absolute atomic E-state index is 13.2. The van der Waals surface area contributed by atoms with E-state index in [1.165, 1.54) is 5.56 Å². The molecule has 0 aromatic heterocycles. The highest BCUT2D eigenvalue weighted by Crippen LogP contribution is 2.45. The largest absolute Gasteiger partial charge is 0.369 e. The van der Waals surface area contributed by atoms with Gasteiger partial charge in [0.25, 0.3) is 0 Å². The molecule has 0 bridgehead atoms. The van der Waals surface area contributed by atoms with Crippen LogP contribution in [-0.4, -0.2) is 30.5 Å². The zero-order valence-corrected chi connectivity index (χ0v) is 22.0. The molecular weight excluding hydrogens is 416 g/mol. The van der Waals surface area contributed by atoms with Crippen molar-refractivity contribution in [3.05, 3.63) is 115 Å². The number of nitrogens with two attached hydrogens (primary N) is 1. The third-order valence-electron chi connectivity index (χ3n) is 6.54. The Balaban J connectivity index is 0.00000110. The van der Waals surface area contributed by atoms with Crippen molar-refractivity contribution in [3.8, 4) is 0 Å². The van der Waals surface area contributed by atoms with Crippen molar-refractivity contribution in [2.75, 3.05) is 20.1 Å². The molecule has 0 saturated carbocycles. The van der Waals surface area contributed by atoms with Gasteiger partial charge in [-0.1, -0.05) is 119 Å². The number of nitrogens with zero attached hydrogens (tertiary/aromatic N) is 1. The van der Waals surface area contributed by atoms with Crippen molar-refractivity contribution >= 4 is 5.91 Å². The first kappa shape index (κ1) is 29.1. The maximum Gasteiger partial charge on any atom is 0.233 e. The van der Waals surface area contributed by atoms with E-state index in [9.17, 15) is 4.79 Å². The molecule has 2 unspecified atom stereocenters. The summed E-state index contributed by atoms with van der Waals surface area (Å²) in [5.74, 6) is -0.105. The first-order valence-electron chi connectivity index (χ1n) is 12.3. The molecule has 0 radical (unpaired) electrons. The van der Waals surface area contributed by atoms with Crippen LogP contribution in [0.3, 0.4) is 0 Å². The molecular formula is C31H44N2O. The van der Waals surface area contributed by atoms with Crippen molar-refractivity contribution < 1.29 is 9.28 Å². The second kappa shape index (κ2) is 13.7. The van der Waals surface area contributed by atoms with Crippen LogP contribution >= 0.6 is 0 Å². The van der Waals surface area contributed by atoms with Crippen molar-refractivity contribution in [2.45, 2.75) is 46.1 Å². The van der Waals surface area contributed by atoms with Crippen LogP contribution in [0.1, 0.15) is 50.8 Å². The monoisotopic (exact) mass is 460 g/mol. The lowest BCUT2D eigenvalue weighted by atomic mass is 9.64. The van der Waals surface area contributed by atoms with Crippen LogP contribution in [0.25, 0.3) is 0 Å². The second-order valence-electron chi connectivity index (χ2n) is 8.56. The van der Waals surface area contributed by atoms with E-state index < -0.39 is 5.41 Å². The van der Waals surface area contributed by atoms with Crippen molar-refractivity contribution in [2.24, 2.45) is 11.7 Å². The van der Waals surface area contributed by atoms with Crippen LogP contribution in [0, 0.1) is 13.3 Å². The molecule has 3 aromatic rings. The van der Waals surface area contributed by atoms with Gasteiger partial charge in [-0.25, -0.2) is 0 Å². The van der Waals surface area contributed by atoms with E-state index in [0.717, 1.165) is 41.7 Å². The molecule has 184 valence electrons. The van der Waals surface area contributed by atoms with E-state index in [4.69, 9.17) is 5.73 Å². The Hall–Kier alpha value is -2.91. The molecule has 1 fully saturated rings. The average molecular weight is 461 g/mol. The summed E-state index contributed by atoms with van der Waals surface area (Å²) in [7, 11) is 2.30. The Bertz CT molecular complexity index is 917. The Labute approximate surface area is 208 Å². The van der Waals surface area contributed by atoms with Crippen LogP contribution < -0.4 is 5.73 Å². The molecule has 1 aliphatic heterocycles. The molecule has 1 heterocycles. The van der Waals surface area contributed by atoms with E-state index >= 15 is 0 Å². The van der Waals surface area contributed by atoms with Gasteiger partial charge in [-0.2, -0.15) is 0 Å². The highest BCUT2D eigenvalue weighted by molar-refractivity contribution is 5.91. The fraction of sp³-hybridized carbons (Fsp3) is 0.355. The molecule has 2 N–H and O–H groups in total. The molecule has 2 atom stereocenters. The number of carbonyl (C=O) groups is 1. The maximum atomic E-state index is 13.2. The minimum atomic E-state index is -0.810. The Morgan fingerprint density at radius 2 is 1.24 bits per heavy atom. The quantitative estimate of drug-likeness (QED) is 0.326. The Morgan fingerprint density at radius 1 is 0.824 bits per heavy atom. The van der Waals surface area contributed by atoms with E-state index in [0.29, 0.717) is 0 Å². The summed E-state index contributed by atoms with van der Waals surface area (Å²) in [5, 5.41) is 0. The van der Waals surface area contributed by atoms with Crippen LogP contribution in [0.15, 0.2) is 91.0 Å². The van der Waals surface area contributed by atoms with Gasteiger partial charge in [0.2, 0.25) is 5.91 Å². The molecule has 34 heavy (non-hydrogen) atoms. The summed E-state index contributed by atoms with van der Waals surface area (Å²) < 4.78 is 0.920. The van der Waals surface area contributed by atoms with Crippen LogP contribution in [0.2, 0.25) is 0 Å². The predicted octanol–water partition coefficient (Wildman–Crippen LogP) is 6.63. The Morgan fingerprint density at radius 3 is 1.65 bits per heavy atom. The van der Waals surface area contributed by atoms with E-state index in [1.54, 1.807) is 0 Å². The van der Waals surface area contributed by atoms with Gasteiger partial charge in [0.05, 0.1) is 20.1 Å². The number of hydrogen-bond acceptors (Lipinski definition) is 1. The number of benzene rings is 3. The van der Waals surface area contributed by atoms with Crippen molar-refractivity contribution in [1.82, 2.24) is 0 Å². The molecule has 3 aromatic carbocycles. The summed E-state index contributed by atoms with van der Waals surface area (Å²) in [5.41, 5.74) is 8.73. The van der Waals surface area contributed by atoms with Crippen LogP contribution in [-0.2, 0) is 16.8 Å². The van der Waals surface area contributed by atoms with E-state index in [1.807, 2.05) is 64.1 Å². The SMILES string of the molecule is CC.CC.C[N+]1(Cc2ccccc2)CCC(C(C(N)=O)(c2ccccc2)c2ccccc2)C1.[CH3-]. The molecule has 3 heteroatoms. The highest BCUT2D eigenvalue weighted by Gasteiger charge is 2.53. The van der Waals surface area contributed by atoms with Crippen LogP contribution in [0.5, 0.6) is 0 Å². The minimum Gasteiger partial charge on any atom is -0.369 e. The van der Waals surface area contributed by atoms with Gasteiger partial charge in [-0.15, -0.1) is 0 Å². The van der Waals surface area contributed by atoms with Gasteiger partial charge in [0.15, 0.2) is 0 Å². The topological polar surface area (TPSA) is 43.1 Å². The van der Waals surface area contributed by atoms with Crippen LogP contribution in [0.4, 0.5) is 0 Å². The fourth-order valence-corrected chi connectivity index (χ4v) is 5.23. The summed E-state index contributed by atoms with van der Waals surface area (Å²) >= 11 is 0. The summed E-state index contributed by atoms with van der Waals surface area (Å²) in [4.78, 5) is 13.2. The molecule has 0 aliphatic carbocycles. The zero-order valence-electron chi connectivity index (χ0n) is 22.0. The smallest absolute Gasteiger partial charge is 0.233 e. The van der Waals surface area contributed by atoms with Gasteiger partial charge >= 0.3 is 0 Å². The van der Waals surface area contributed by atoms with E-state index in [-0.39, 0.29) is 19.3 Å². The predicted molar refractivity (Wildman–Crippen MR) is 146 cm³/mol. The first-order valence-corrected chi connectivity index (χ1v) is 12.3. The molecule has 1 amide bonds. The summed E-state index contributed by atoms with van der Waals surface area (Å²) in [6, 6.07) is 30.8. The number of carbonyl (C=O) groups excluding carboxylic acids is 1. The van der Waals surface area contributed by atoms with Crippen molar-refractivity contribution in [1.29, 1.82) is 0 Å². The van der Waals surface area contributed by atoms with Gasteiger partial charge in [0, 0.05) is 17.9 Å². The number of likely N-dealkylation sites (tertiary alicyclic amines) is 1. The molecule has 4 rings (SSSR count). The zero-order chi connectivity index (χ0) is 24.3. The van der Waals surface area contributed by atoms with Gasteiger partial charge in [0.1, 0.15) is 12.0 Å². The standard InChI is InChI=1S/C26H28N2O.2C2H6.CH3/c1-28(19-21-11-5-2-6-12-21)18-17-24(20-28)26(25(27)29,22-13-7-3-8-14-22)23-15-9-4-10-16-23;2*1-2;/h2-16,24H,17-20H2,1H3,(H-,27,29);2*1-2H3;1H3/q;;;-1/p+1. The van der Waals surface area contributed by atoms with Gasteiger partial charge in [-0.3, -0.25) is 4.79 Å². The lowest BCUT2D eigenvalue weighted by Crippen LogP contribution is -2.51. The van der Waals surface area contributed by atoms with Crippen molar-refractivity contribution in [3.63, 3.8) is 0 Å². The van der Waals surface area contributed by atoms with E-state index in [2.05, 4.69) is 61.6 Å². The minimum absolute atomic E-state index is 0. The fourth-order valence-electron chi connectivity index (χ4n) is 5.23. The molecule has 1 saturated heterocycles. The lowest BCUT2D eigenvalue weighted by molar-refractivity contribution is -0.912. The van der Waals surface area contributed by atoms with Gasteiger partial charge < -0.3 is 17.6 Å². The number of rotatable bonds is 6. The summed E-state index contributed by atoms with van der Waals surface area (Å²) in [6.07, 6.45) is 0.968. The summed E-state index contributed by atoms with van der Waals surface area (Å²) in [6.45, 7) is 10.9. The lowest BCUT2D eigenvalue weighted by Gasteiger charge is -2.38. The average Bonchev–Trinajstić information content (AvgIpc) is 3.25. The first-order chi connectivity index (χ1) is 16.0. The molecule has 1 aliphatic rings. The molecule has 3 nitrogen and oxygen atoms in total. The third-order valence-corrected chi connectivity index (χ3v) is 6.54. The number of primary amides is 1. The Kier molecular flexibility index (Phi) is 11.7. The molecule has 0 spiro atoms. The number of quaternary nitrogens is 1.